The molecule has 0 N–H and O–H groups in total. The molecule has 0 bridgehead atoms. The van der Waals surface area contributed by atoms with Gasteiger partial charge in [0, 0.05) is 18.5 Å². The predicted molar refractivity (Wildman–Crippen MR) is 66.1 cm³/mol. The second kappa shape index (κ2) is 5.73. The van der Waals surface area contributed by atoms with Crippen molar-refractivity contribution in [2.45, 2.75) is 32.9 Å². The molecule has 1 amide bonds. The van der Waals surface area contributed by atoms with E-state index in [9.17, 15) is 18.0 Å². The Bertz CT molecular complexity index is 425. The first kappa shape index (κ1) is 15.0. The highest BCUT2D eigenvalue weighted by Gasteiger charge is 2.28. The molecule has 0 unspecified atom stereocenters. The Morgan fingerprint density at radius 2 is 2.06 bits per heavy atom. The number of hydrogen-bond donors (Lipinski definition) is 0. The molecule has 102 valence electrons. The average molecular weight is 279 g/mol. The van der Waals surface area contributed by atoms with Crippen molar-refractivity contribution in [3.05, 3.63) is 21.4 Å². The van der Waals surface area contributed by atoms with Crippen molar-refractivity contribution in [2.24, 2.45) is 0 Å². The van der Waals surface area contributed by atoms with Gasteiger partial charge in [-0.2, -0.15) is 13.2 Å². The van der Waals surface area contributed by atoms with E-state index < -0.39 is 12.6 Å². The maximum atomic E-state index is 12.1. The smallest absolute Gasteiger partial charge is 0.341 e. The first-order chi connectivity index (χ1) is 8.24. The molecule has 0 radical (unpaired) electrons. The fraction of sp³-hybridized carbons (Fsp3) is 0.583. The van der Waals surface area contributed by atoms with Gasteiger partial charge >= 0.3 is 6.18 Å². The van der Waals surface area contributed by atoms with Crippen LogP contribution in [0.1, 0.15) is 33.5 Å². The number of aryl methyl sites for hydroxylation is 2. The van der Waals surface area contributed by atoms with Gasteiger partial charge in [0.1, 0.15) is 0 Å². The molecule has 1 aromatic heterocycles. The minimum Gasteiger partial charge on any atom is -0.341 e. The van der Waals surface area contributed by atoms with E-state index in [1.165, 1.54) is 18.4 Å². The van der Waals surface area contributed by atoms with Gasteiger partial charge in [-0.3, -0.25) is 4.79 Å². The summed E-state index contributed by atoms with van der Waals surface area (Å²) in [5.41, 5.74) is 1.08. The van der Waals surface area contributed by atoms with Crippen molar-refractivity contribution in [3.63, 3.8) is 0 Å². The van der Waals surface area contributed by atoms with Gasteiger partial charge in [-0.05, 0) is 25.0 Å². The van der Waals surface area contributed by atoms with Crippen LogP contribution in [0.25, 0.3) is 0 Å². The van der Waals surface area contributed by atoms with Crippen LogP contribution in [0.2, 0.25) is 0 Å². The SMILES string of the molecule is CCc1cc(C(=O)N(C)CCC(F)(F)F)sc1C. The lowest BCUT2D eigenvalue weighted by molar-refractivity contribution is -0.136. The standard InChI is InChI=1S/C12H16F3NOS/c1-4-9-7-10(18-8(9)2)11(17)16(3)6-5-12(13,14)15/h7H,4-6H2,1-3H3. The second-order valence-electron chi connectivity index (χ2n) is 4.14. The zero-order valence-corrected chi connectivity index (χ0v) is 11.4. The van der Waals surface area contributed by atoms with E-state index in [1.807, 2.05) is 13.8 Å². The molecule has 0 fully saturated rings. The van der Waals surface area contributed by atoms with Crippen LogP contribution in [0.15, 0.2) is 6.07 Å². The summed E-state index contributed by atoms with van der Waals surface area (Å²) in [5, 5.41) is 0. The molecule has 18 heavy (non-hydrogen) atoms. The summed E-state index contributed by atoms with van der Waals surface area (Å²) in [6.07, 6.45) is -4.38. The molecular weight excluding hydrogens is 263 g/mol. The van der Waals surface area contributed by atoms with Crippen molar-refractivity contribution in [2.75, 3.05) is 13.6 Å². The topological polar surface area (TPSA) is 20.3 Å². The number of carbonyl (C=O) groups is 1. The highest BCUT2D eigenvalue weighted by Crippen LogP contribution is 2.24. The maximum Gasteiger partial charge on any atom is 0.390 e. The Balaban J connectivity index is 2.68. The van der Waals surface area contributed by atoms with Gasteiger partial charge in [-0.1, -0.05) is 6.92 Å². The van der Waals surface area contributed by atoms with Gasteiger partial charge in [0.2, 0.25) is 0 Å². The first-order valence-electron chi connectivity index (χ1n) is 5.66. The zero-order chi connectivity index (χ0) is 13.9. The van der Waals surface area contributed by atoms with E-state index in [-0.39, 0.29) is 12.5 Å². The number of carbonyl (C=O) groups excluding carboxylic acids is 1. The lowest BCUT2D eigenvalue weighted by Crippen LogP contribution is -2.30. The van der Waals surface area contributed by atoms with Crippen molar-refractivity contribution < 1.29 is 18.0 Å². The van der Waals surface area contributed by atoms with Crippen LogP contribution in [-0.4, -0.2) is 30.6 Å². The van der Waals surface area contributed by atoms with Crippen LogP contribution in [0.5, 0.6) is 0 Å². The molecule has 2 nitrogen and oxygen atoms in total. The molecule has 0 aromatic carbocycles. The van der Waals surface area contributed by atoms with Gasteiger partial charge in [0.25, 0.3) is 5.91 Å². The van der Waals surface area contributed by atoms with E-state index in [2.05, 4.69) is 0 Å². The van der Waals surface area contributed by atoms with Gasteiger partial charge < -0.3 is 4.90 Å². The van der Waals surface area contributed by atoms with Crippen LogP contribution in [0.4, 0.5) is 13.2 Å². The summed E-state index contributed by atoms with van der Waals surface area (Å²) < 4.78 is 36.2. The van der Waals surface area contributed by atoms with Crippen LogP contribution in [0, 0.1) is 6.92 Å². The van der Waals surface area contributed by atoms with Crippen molar-refractivity contribution in [1.29, 1.82) is 0 Å². The van der Waals surface area contributed by atoms with Crippen LogP contribution in [-0.2, 0) is 6.42 Å². The van der Waals surface area contributed by atoms with Crippen molar-refractivity contribution >= 4 is 17.2 Å². The van der Waals surface area contributed by atoms with Crippen LogP contribution < -0.4 is 0 Å². The Morgan fingerprint density at radius 1 is 1.44 bits per heavy atom. The Morgan fingerprint density at radius 3 is 2.50 bits per heavy atom. The number of rotatable bonds is 4. The zero-order valence-electron chi connectivity index (χ0n) is 10.6. The fourth-order valence-electron chi connectivity index (χ4n) is 1.56. The van der Waals surface area contributed by atoms with Crippen LogP contribution >= 0.6 is 11.3 Å². The third-order valence-electron chi connectivity index (χ3n) is 2.69. The van der Waals surface area contributed by atoms with Gasteiger partial charge in [0.05, 0.1) is 11.3 Å². The van der Waals surface area contributed by atoms with E-state index in [0.29, 0.717) is 4.88 Å². The average Bonchev–Trinajstić information content (AvgIpc) is 2.65. The number of nitrogens with zero attached hydrogens (tertiary/aromatic N) is 1. The number of hydrogen-bond acceptors (Lipinski definition) is 2. The summed E-state index contributed by atoms with van der Waals surface area (Å²) in [6, 6.07) is 1.77. The molecule has 1 heterocycles. The highest BCUT2D eigenvalue weighted by molar-refractivity contribution is 7.14. The molecule has 0 aliphatic heterocycles. The van der Waals surface area contributed by atoms with E-state index in [1.54, 1.807) is 6.07 Å². The Kier molecular flexibility index (Phi) is 4.78. The van der Waals surface area contributed by atoms with Crippen molar-refractivity contribution in [1.82, 2.24) is 4.90 Å². The second-order valence-corrected chi connectivity index (χ2v) is 5.39. The maximum absolute atomic E-state index is 12.1. The fourth-order valence-corrected chi connectivity index (χ4v) is 2.67. The molecule has 0 aliphatic rings. The Hall–Kier alpha value is -1.04. The first-order valence-corrected chi connectivity index (χ1v) is 6.47. The summed E-state index contributed by atoms with van der Waals surface area (Å²) in [7, 11) is 1.40. The molecule has 0 atom stereocenters. The molecule has 0 spiro atoms. The molecule has 1 aromatic rings. The van der Waals surface area contributed by atoms with E-state index in [0.717, 1.165) is 21.8 Å². The quantitative estimate of drug-likeness (QED) is 0.824. The third-order valence-corrected chi connectivity index (χ3v) is 3.77. The lowest BCUT2D eigenvalue weighted by atomic mass is 10.2. The molecule has 6 heteroatoms. The predicted octanol–water partition coefficient (Wildman–Crippen LogP) is 3.64. The van der Waals surface area contributed by atoms with Crippen molar-refractivity contribution in [3.8, 4) is 0 Å². The number of amides is 1. The Labute approximate surface area is 108 Å². The van der Waals surface area contributed by atoms with E-state index >= 15 is 0 Å². The monoisotopic (exact) mass is 279 g/mol. The molecular formula is C12H16F3NOS. The number of alkyl halides is 3. The summed E-state index contributed by atoms with van der Waals surface area (Å²) >= 11 is 1.34. The number of halogens is 3. The minimum absolute atomic E-state index is 0.305. The van der Waals surface area contributed by atoms with Gasteiger partial charge in [0.15, 0.2) is 0 Å². The molecule has 0 saturated carbocycles. The van der Waals surface area contributed by atoms with Crippen LogP contribution in [0.3, 0.4) is 0 Å². The summed E-state index contributed by atoms with van der Waals surface area (Å²) in [4.78, 5) is 14.6. The normalized spacial score (nSPS) is 11.7. The minimum atomic E-state index is -4.23. The highest BCUT2D eigenvalue weighted by atomic mass is 32.1. The largest absolute Gasteiger partial charge is 0.390 e. The van der Waals surface area contributed by atoms with Gasteiger partial charge in [-0.15, -0.1) is 11.3 Å². The molecule has 1 rings (SSSR count). The molecule has 0 aliphatic carbocycles. The molecule has 0 saturated heterocycles. The van der Waals surface area contributed by atoms with Gasteiger partial charge in [-0.25, -0.2) is 0 Å². The van der Waals surface area contributed by atoms with E-state index in [4.69, 9.17) is 0 Å². The third kappa shape index (κ3) is 4.01. The summed E-state index contributed by atoms with van der Waals surface area (Å²) in [5.74, 6) is -0.341. The summed E-state index contributed by atoms with van der Waals surface area (Å²) in [6.45, 7) is 3.59. The number of thiophene rings is 1. The lowest BCUT2D eigenvalue weighted by Gasteiger charge is -2.17.